The highest BCUT2D eigenvalue weighted by atomic mass is 16.5. The van der Waals surface area contributed by atoms with Gasteiger partial charge in [0.15, 0.2) is 0 Å². The largest absolute Gasteiger partial charge is 0.460 e. The smallest absolute Gasteiger partial charge is 0.323 e. The molecule has 0 aliphatic carbocycles. The molecule has 0 saturated heterocycles. The van der Waals surface area contributed by atoms with Crippen LogP contribution in [0.5, 0.6) is 0 Å². The van der Waals surface area contributed by atoms with E-state index in [1.165, 1.54) is 0 Å². The molecule has 4 aromatic rings. The van der Waals surface area contributed by atoms with Crippen LogP contribution in [0.15, 0.2) is 91.0 Å². The molecule has 170 valence electrons. The number of hydrogen-bond acceptors (Lipinski definition) is 4. The van der Waals surface area contributed by atoms with E-state index in [4.69, 9.17) is 10.00 Å². The van der Waals surface area contributed by atoms with Gasteiger partial charge in [-0.05, 0) is 63.2 Å². The molecule has 0 bridgehead atoms. The number of rotatable bonds is 8. The second kappa shape index (κ2) is 10.8. The molecule has 34 heavy (non-hydrogen) atoms. The SMILES string of the molecule is CC(C)C(NCc1ccc2cc(-c3ccc(C#N)cc3)ccc2c1)C(=O)OCc1ccccc1. The lowest BCUT2D eigenvalue weighted by Gasteiger charge is -2.21. The summed E-state index contributed by atoms with van der Waals surface area (Å²) in [7, 11) is 0. The zero-order chi connectivity index (χ0) is 23.9. The third-order valence-electron chi connectivity index (χ3n) is 5.92. The van der Waals surface area contributed by atoms with Gasteiger partial charge in [-0.25, -0.2) is 0 Å². The van der Waals surface area contributed by atoms with E-state index in [1.54, 1.807) is 0 Å². The number of nitriles is 1. The minimum absolute atomic E-state index is 0.110. The summed E-state index contributed by atoms with van der Waals surface area (Å²) in [6.45, 7) is 4.90. The van der Waals surface area contributed by atoms with Gasteiger partial charge in [-0.2, -0.15) is 5.26 Å². The van der Waals surface area contributed by atoms with Gasteiger partial charge in [0.1, 0.15) is 12.6 Å². The fourth-order valence-corrected chi connectivity index (χ4v) is 3.96. The van der Waals surface area contributed by atoms with Gasteiger partial charge in [-0.15, -0.1) is 0 Å². The van der Waals surface area contributed by atoms with Gasteiger partial charge >= 0.3 is 5.97 Å². The van der Waals surface area contributed by atoms with Crippen molar-refractivity contribution in [3.05, 3.63) is 108 Å². The number of fused-ring (bicyclic) bond motifs is 1. The quantitative estimate of drug-likeness (QED) is 0.324. The molecule has 0 radical (unpaired) electrons. The Morgan fingerprint density at radius 3 is 2.24 bits per heavy atom. The van der Waals surface area contributed by atoms with E-state index in [-0.39, 0.29) is 24.5 Å². The predicted octanol–water partition coefficient (Wildman–Crippen LogP) is 6.24. The number of nitrogens with zero attached hydrogens (tertiary/aromatic N) is 1. The van der Waals surface area contributed by atoms with Crippen molar-refractivity contribution in [1.82, 2.24) is 5.32 Å². The predicted molar refractivity (Wildman–Crippen MR) is 136 cm³/mol. The van der Waals surface area contributed by atoms with E-state index in [0.29, 0.717) is 12.1 Å². The Morgan fingerprint density at radius 2 is 1.53 bits per heavy atom. The molecule has 1 atom stereocenters. The molecule has 4 heteroatoms. The van der Waals surface area contributed by atoms with Crippen LogP contribution in [-0.2, 0) is 22.7 Å². The van der Waals surface area contributed by atoms with E-state index >= 15 is 0 Å². The first-order chi connectivity index (χ1) is 16.5. The van der Waals surface area contributed by atoms with Crippen LogP contribution in [0.25, 0.3) is 21.9 Å². The van der Waals surface area contributed by atoms with Crippen molar-refractivity contribution in [2.24, 2.45) is 5.92 Å². The zero-order valence-corrected chi connectivity index (χ0v) is 19.5. The molecule has 0 aliphatic heterocycles. The van der Waals surface area contributed by atoms with Gasteiger partial charge in [-0.3, -0.25) is 4.79 Å². The van der Waals surface area contributed by atoms with E-state index < -0.39 is 0 Å². The summed E-state index contributed by atoms with van der Waals surface area (Å²) in [4.78, 5) is 12.7. The lowest BCUT2D eigenvalue weighted by molar-refractivity contribution is -0.148. The number of benzene rings is 4. The Morgan fingerprint density at radius 1 is 0.853 bits per heavy atom. The highest BCUT2D eigenvalue weighted by Gasteiger charge is 2.23. The normalized spacial score (nSPS) is 11.8. The fourth-order valence-electron chi connectivity index (χ4n) is 3.96. The van der Waals surface area contributed by atoms with Gasteiger partial charge in [0.05, 0.1) is 11.6 Å². The average Bonchev–Trinajstić information content (AvgIpc) is 2.87. The average molecular weight is 449 g/mol. The Labute approximate surface area is 200 Å². The summed E-state index contributed by atoms with van der Waals surface area (Å²) in [5, 5.41) is 14.7. The molecule has 4 nitrogen and oxygen atoms in total. The Kier molecular flexibility index (Phi) is 7.37. The molecule has 0 amide bonds. The van der Waals surface area contributed by atoms with Crippen LogP contribution in [0.1, 0.15) is 30.5 Å². The van der Waals surface area contributed by atoms with Crippen molar-refractivity contribution in [3.63, 3.8) is 0 Å². The van der Waals surface area contributed by atoms with Crippen molar-refractivity contribution >= 4 is 16.7 Å². The van der Waals surface area contributed by atoms with Crippen molar-refractivity contribution in [1.29, 1.82) is 5.26 Å². The summed E-state index contributed by atoms with van der Waals surface area (Å²) in [5.41, 5.74) is 4.95. The van der Waals surface area contributed by atoms with Gasteiger partial charge in [0.2, 0.25) is 0 Å². The molecule has 0 saturated carbocycles. The van der Waals surface area contributed by atoms with Crippen LogP contribution < -0.4 is 5.32 Å². The summed E-state index contributed by atoms with van der Waals surface area (Å²) < 4.78 is 5.56. The number of ether oxygens (including phenoxy) is 1. The van der Waals surface area contributed by atoms with Gasteiger partial charge < -0.3 is 10.1 Å². The standard InChI is InChI=1S/C30H28N2O2/c1-21(2)29(30(33)34-20-23-6-4-3-5-7-23)32-19-24-10-13-28-17-27(15-14-26(28)16-24)25-11-8-22(18-31)9-12-25/h3-17,21,29,32H,19-20H2,1-2H3. The minimum atomic E-state index is -0.377. The van der Waals surface area contributed by atoms with E-state index in [9.17, 15) is 4.79 Å². The Balaban J connectivity index is 1.42. The van der Waals surface area contributed by atoms with E-state index in [0.717, 1.165) is 33.0 Å². The van der Waals surface area contributed by atoms with E-state index in [2.05, 4.69) is 47.8 Å². The van der Waals surface area contributed by atoms with Crippen LogP contribution in [0.3, 0.4) is 0 Å². The summed E-state index contributed by atoms with van der Waals surface area (Å²) in [5.74, 6) is -0.120. The van der Waals surface area contributed by atoms with Crippen LogP contribution >= 0.6 is 0 Å². The zero-order valence-electron chi connectivity index (χ0n) is 19.5. The molecule has 4 rings (SSSR count). The first kappa shape index (κ1) is 23.2. The lowest BCUT2D eigenvalue weighted by Crippen LogP contribution is -2.41. The second-order valence-electron chi connectivity index (χ2n) is 8.78. The highest BCUT2D eigenvalue weighted by Crippen LogP contribution is 2.25. The molecule has 0 aliphatic rings. The molecular formula is C30H28N2O2. The fraction of sp³-hybridized carbons (Fsp3) is 0.200. The monoisotopic (exact) mass is 448 g/mol. The van der Waals surface area contributed by atoms with Crippen LogP contribution in [0.2, 0.25) is 0 Å². The van der Waals surface area contributed by atoms with E-state index in [1.807, 2.05) is 68.4 Å². The van der Waals surface area contributed by atoms with Crippen molar-refractivity contribution in [2.45, 2.75) is 33.0 Å². The van der Waals surface area contributed by atoms with Crippen molar-refractivity contribution in [3.8, 4) is 17.2 Å². The third-order valence-corrected chi connectivity index (χ3v) is 5.92. The maximum atomic E-state index is 12.7. The van der Waals surface area contributed by atoms with Gasteiger partial charge in [-0.1, -0.05) is 80.6 Å². The maximum Gasteiger partial charge on any atom is 0.323 e. The van der Waals surface area contributed by atoms with Crippen LogP contribution in [-0.4, -0.2) is 12.0 Å². The first-order valence-electron chi connectivity index (χ1n) is 11.5. The van der Waals surface area contributed by atoms with Gasteiger partial charge in [0.25, 0.3) is 0 Å². The summed E-state index contributed by atoms with van der Waals surface area (Å²) in [6.07, 6.45) is 0. The van der Waals surface area contributed by atoms with Gasteiger partial charge in [0, 0.05) is 6.54 Å². The topological polar surface area (TPSA) is 62.1 Å². The molecule has 0 heterocycles. The molecule has 0 fully saturated rings. The highest BCUT2D eigenvalue weighted by molar-refractivity contribution is 5.88. The minimum Gasteiger partial charge on any atom is -0.460 e. The summed E-state index contributed by atoms with van der Waals surface area (Å²) >= 11 is 0. The number of carbonyl (C=O) groups excluding carboxylic acids is 1. The second-order valence-corrected chi connectivity index (χ2v) is 8.78. The van der Waals surface area contributed by atoms with Crippen molar-refractivity contribution < 1.29 is 9.53 Å². The molecule has 0 spiro atoms. The molecule has 0 aromatic heterocycles. The number of hydrogen-bond donors (Lipinski definition) is 1. The first-order valence-corrected chi connectivity index (χ1v) is 11.5. The van der Waals surface area contributed by atoms with Crippen LogP contribution in [0.4, 0.5) is 0 Å². The number of esters is 1. The molecule has 4 aromatic carbocycles. The number of nitrogens with one attached hydrogen (secondary N) is 1. The lowest BCUT2D eigenvalue weighted by atomic mass is 9.99. The Hall–Kier alpha value is -3.94. The number of carbonyl (C=O) groups is 1. The molecular weight excluding hydrogens is 420 g/mol. The molecule has 1 N–H and O–H groups in total. The molecule has 1 unspecified atom stereocenters. The van der Waals surface area contributed by atoms with Crippen molar-refractivity contribution in [2.75, 3.05) is 0 Å². The summed E-state index contributed by atoms with van der Waals surface area (Å²) in [6, 6.07) is 31.8. The maximum absolute atomic E-state index is 12.7. The Bertz CT molecular complexity index is 1310. The third kappa shape index (κ3) is 5.70. The van der Waals surface area contributed by atoms with Crippen LogP contribution in [0, 0.1) is 17.2 Å².